The van der Waals surface area contributed by atoms with Gasteiger partial charge in [0.05, 0.1) is 11.6 Å². The number of aromatic nitrogens is 1. The molecule has 0 saturated carbocycles. The quantitative estimate of drug-likeness (QED) is 0.768. The molecule has 3 aromatic rings. The van der Waals surface area contributed by atoms with Crippen LogP contribution >= 0.6 is 11.3 Å². The molecule has 2 nitrogen and oxygen atoms in total. The van der Waals surface area contributed by atoms with Gasteiger partial charge in [-0.2, -0.15) is 0 Å². The fourth-order valence-corrected chi connectivity index (χ4v) is 3.46. The molecule has 0 spiro atoms. The van der Waals surface area contributed by atoms with Gasteiger partial charge in [0.2, 0.25) is 0 Å². The average Bonchev–Trinajstić information content (AvgIpc) is 2.98. The maximum atomic E-state index is 4.81. The molecule has 1 aromatic heterocycles. The van der Waals surface area contributed by atoms with E-state index in [1.54, 1.807) is 11.3 Å². The summed E-state index contributed by atoms with van der Waals surface area (Å²) in [5.74, 6) is 0.211. The molecule has 1 heterocycles. The first-order chi connectivity index (χ1) is 10.4. The van der Waals surface area contributed by atoms with E-state index >= 15 is 0 Å². The second-order valence-corrected chi connectivity index (χ2v) is 5.85. The normalized spacial score (nSPS) is 11.0. The summed E-state index contributed by atoms with van der Waals surface area (Å²) in [6.07, 6.45) is 0. The molecule has 2 aromatic carbocycles. The van der Waals surface area contributed by atoms with Crippen LogP contribution in [0.25, 0.3) is 0 Å². The van der Waals surface area contributed by atoms with Crippen molar-refractivity contribution in [3.8, 4) is 0 Å². The van der Waals surface area contributed by atoms with Gasteiger partial charge in [-0.15, -0.1) is 11.3 Å². The highest BCUT2D eigenvalue weighted by atomic mass is 32.1. The molecule has 0 aliphatic carbocycles. The Bertz CT molecular complexity index is 637. The Hall–Kier alpha value is -1.97. The van der Waals surface area contributed by atoms with E-state index in [-0.39, 0.29) is 5.92 Å². The minimum atomic E-state index is 0.211. The first kappa shape index (κ1) is 14.0. The third-order valence-corrected chi connectivity index (χ3v) is 4.40. The molecule has 0 aliphatic rings. The first-order valence-electron chi connectivity index (χ1n) is 7.07. The lowest BCUT2D eigenvalue weighted by Gasteiger charge is -2.15. The lowest BCUT2D eigenvalue weighted by Crippen LogP contribution is -2.07. The molecule has 0 bridgehead atoms. The van der Waals surface area contributed by atoms with Crippen LogP contribution in [-0.4, -0.2) is 12.0 Å². The number of benzene rings is 2. The van der Waals surface area contributed by atoms with Gasteiger partial charge in [0.15, 0.2) is 0 Å². The molecule has 0 atom stereocenters. The zero-order valence-corrected chi connectivity index (χ0v) is 12.8. The summed E-state index contributed by atoms with van der Waals surface area (Å²) in [6.45, 7) is 0.812. The lowest BCUT2D eigenvalue weighted by atomic mass is 9.92. The van der Waals surface area contributed by atoms with Gasteiger partial charge in [-0.3, -0.25) is 0 Å². The second kappa shape index (κ2) is 6.66. The van der Waals surface area contributed by atoms with E-state index in [9.17, 15) is 0 Å². The summed E-state index contributed by atoms with van der Waals surface area (Å²) in [6, 6.07) is 21.2. The van der Waals surface area contributed by atoms with Crippen molar-refractivity contribution in [3.63, 3.8) is 0 Å². The van der Waals surface area contributed by atoms with E-state index in [0.717, 1.165) is 17.2 Å². The van der Waals surface area contributed by atoms with Gasteiger partial charge in [-0.1, -0.05) is 60.7 Å². The van der Waals surface area contributed by atoms with Crippen LogP contribution in [0.4, 0.5) is 0 Å². The maximum absolute atomic E-state index is 4.81. The van der Waals surface area contributed by atoms with Gasteiger partial charge in [-0.25, -0.2) is 4.98 Å². The van der Waals surface area contributed by atoms with Crippen molar-refractivity contribution in [1.29, 1.82) is 0 Å². The number of hydrogen-bond acceptors (Lipinski definition) is 3. The third-order valence-electron chi connectivity index (χ3n) is 3.44. The highest BCUT2D eigenvalue weighted by Crippen LogP contribution is 2.33. The molecular formula is C18H18N2S. The average molecular weight is 294 g/mol. The van der Waals surface area contributed by atoms with E-state index in [4.69, 9.17) is 4.98 Å². The van der Waals surface area contributed by atoms with Gasteiger partial charge in [0, 0.05) is 11.9 Å². The molecule has 0 saturated heterocycles. The van der Waals surface area contributed by atoms with Crippen LogP contribution in [0.5, 0.6) is 0 Å². The van der Waals surface area contributed by atoms with E-state index in [2.05, 4.69) is 71.4 Å². The Labute approximate surface area is 129 Å². The van der Waals surface area contributed by atoms with Crippen molar-refractivity contribution < 1.29 is 0 Å². The summed E-state index contributed by atoms with van der Waals surface area (Å²) < 4.78 is 0. The number of thiazole rings is 1. The molecule has 0 fully saturated rings. The lowest BCUT2D eigenvalue weighted by molar-refractivity contribution is 0.788. The van der Waals surface area contributed by atoms with Crippen molar-refractivity contribution in [3.05, 3.63) is 87.9 Å². The van der Waals surface area contributed by atoms with Gasteiger partial charge >= 0.3 is 0 Å². The van der Waals surface area contributed by atoms with Gasteiger partial charge in [-0.05, 0) is 18.2 Å². The topological polar surface area (TPSA) is 24.9 Å². The van der Waals surface area contributed by atoms with Crippen molar-refractivity contribution >= 4 is 11.3 Å². The fraction of sp³-hybridized carbons (Fsp3) is 0.167. The highest BCUT2D eigenvalue weighted by Gasteiger charge is 2.19. The van der Waals surface area contributed by atoms with Gasteiger partial charge in [0.1, 0.15) is 5.01 Å². The van der Waals surface area contributed by atoms with Crippen LogP contribution < -0.4 is 5.32 Å². The van der Waals surface area contributed by atoms with Crippen LogP contribution in [0.15, 0.2) is 66.0 Å². The molecule has 3 heteroatoms. The van der Waals surface area contributed by atoms with E-state index in [0.29, 0.717) is 0 Å². The Morgan fingerprint density at radius 2 is 1.52 bits per heavy atom. The molecule has 3 rings (SSSR count). The predicted octanol–water partition coefficient (Wildman–Crippen LogP) is 4.04. The smallest absolute Gasteiger partial charge is 0.105 e. The minimum absolute atomic E-state index is 0.211. The Balaban J connectivity index is 2.03. The molecule has 0 amide bonds. The predicted molar refractivity (Wildman–Crippen MR) is 88.7 cm³/mol. The summed E-state index contributed by atoms with van der Waals surface area (Å²) in [5.41, 5.74) is 3.68. The number of hydrogen-bond donors (Lipinski definition) is 1. The molecular weight excluding hydrogens is 276 g/mol. The molecule has 0 unspecified atom stereocenters. The molecule has 0 aliphatic heterocycles. The zero-order valence-electron chi connectivity index (χ0n) is 12.0. The monoisotopic (exact) mass is 294 g/mol. The summed E-state index contributed by atoms with van der Waals surface area (Å²) in [4.78, 5) is 4.81. The van der Waals surface area contributed by atoms with Crippen molar-refractivity contribution in [2.45, 2.75) is 12.5 Å². The second-order valence-electron chi connectivity index (χ2n) is 4.96. The maximum Gasteiger partial charge on any atom is 0.105 e. The van der Waals surface area contributed by atoms with Crippen molar-refractivity contribution in [1.82, 2.24) is 10.3 Å². The summed E-state index contributed by atoms with van der Waals surface area (Å²) in [7, 11) is 1.95. The van der Waals surface area contributed by atoms with Crippen LogP contribution in [0, 0.1) is 0 Å². The van der Waals surface area contributed by atoms with E-state index in [1.165, 1.54) is 11.1 Å². The largest absolute Gasteiger partial charge is 0.314 e. The van der Waals surface area contributed by atoms with Crippen molar-refractivity contribution in [2.75, 3.05) is 7.05 Å². The first-order valence-corrected chi connectivity index (χ1v) is 7.95. The van der Waals surface area contributed by atoms with Crippen molar-refractivity contribution in [2.24, 2.45) is 0 Å². The van der Waals surface area contributed by atoms with Gasteiger partial charge < -0.3 is 5.32 Å². The molecule has 1 N–H and O–H groups in total. The van der Waals surface area contributed by atoms with Gasteiger partial charge in [0.25, 0.3) is 0 Å². The Morgan fingerprint density at radius 3 is 2.05 bits per heavy atom. The van der Waals surface area contributed by atoms with E-state index < -0.39 is 0 Å². The number of nitrogens with one attached hydrogen (secondary N) is 1. The Morgan fingerprint density at radius 1 is 0.952 bits per heavy atom. The number of nitrogens with zero attached hydrogens (tertiary/aromatic N) is 1. The zero-order chi connectivity index (χ0) is 14.5. The minimum Gasteiger partial charge on any atom is -0.314 e. The molecule has 0 radical (unpaired) electrons. The van der Waals surface area contributed by atoms with Crippen LogP contribution in [-0.2, 0) is 6.54 Å². The fourth-order valence-electron chi connectivity index (χ4n) is 2.49. The van der Waals surface area contributed by atoms with Crippen LogP contribution in [0.3, 0.4) is 0 Å². The molecule has 106 valence electrons. The van der Waals surface area contributed by atoms with E-state index in [1.807, 2.05) is 7.05 Å². The standard InChI is InChI=1S/C18H18N2S/c1-19-12-16-13-21-18(20-16)17(14-8-4-2-5-9-14)15-10-6-3-7-11-15/h2-11,13,17,19H,12H2,1H3. The SMILES string of the molecule is CNCc1csc(C(c2ccccc2)c2ccccc2)n1. The van der Waals surface area contributed by atoms with Crippen LogP contribution in [0.2, 0.25) is 0 Å². The van der Waals surface area contributed by atoms with Crippen LogP contribution in [0.1, 0.15) is 27.7 Å². The third kappa shape index (κ3) is 3.20. The number of rotatable bonds is 5. The summed E-state index contributed by atoms with van der Waals surface area (Å²) in [5, 5.41) is 6.45. The Kier molecular flexibility index (Phi) is 4.43. The summed E-state index contributed by atoms with van der Waals surface area (Å²) >= 11 is 1.74. The highest BCUT2D eigenvalue weighted by molar-refractivity contribution is 7.09. The molecule has 21 heavy (non-hydrogen) atoms.